The Labute approximate surface area is 86.9 Å². The van der Waals surface area contributed by atoms with Crippen LogP contribution in [0.15, 0.2) is 22.7 Å². The fourth-order valence-corrected chi connectivity index (χ4v) is 1.75. The van der Waals surface area contributed by atoms with Crippen LogP contribution >= 0.6 is 15.9 Å². The molecule has 1 heterocycles. The van der Waals surface area contributed by atoms with Gasteiger partial charge >= 0.3 is 0 Å². The van der Waals surface area contributed by atoms with Gasteiger partial charge in [0.1, 0.15) is 0 Å². The number of aryl methyl sites for hydroxylation is 1. The normalized spacial score (nSPS) is 16.8. The first-order valence-electron chi connectivity index (χ1n) is 4.50. The summed E-state index contributed by atoms with van der Waals surface area (Å²) < 4.78 is 1.18. The van der Waals surface area contributed by atoms with Crippen LogP contribution in [-0.2, 0) is 0 Å². The van der Waals surface area contributed by atoms with E-state index in [2.05, 4.69) is 51.7 Å². The third-order valence-electron chi connectivity index (χ3n) is 2.33. The second-order valence-corrected chi connectivity index (χ2v) is 4.23. The first-order chi connectivity index (χ1) is 6.27. The van der Waals surface area contributed by atoms with Crippen molar-refractivity contribution in [3.05, 3.63) is 28.2 Å². The number of nitrogens with one attached hydrogen (secondary N) is 2. The number of anilines is 1. The molecule has 0 radical (unpaired) electrons. The van der Waals surface area contributed by atoms with Crippen LogP contribution in [0.3, 0.4) is 0 Å². The monoisotopic (exact) mass is 240 g/mol. The number of halogens is 1. The predicted molar refractivity (Wildman–Crippen MR) is 59.2 cm³/mol. The van der Waals surface area contributed by atoms with Crippen LogP contribution in [0.1, 0.15) is 5.56 Å². The van der Waals surface area contributed by atoms with Gasteiger partial charge in [-0.05, 0) is 34.5 Å². The number of rotatable bonds is 2. The molecule has 70 valence electrons. The topological polar surface area (TPSA) is 24.1 Å². The molecule has 0 bridgehead atoms. The molecule has 1 saturated heterocycles. The van der Waals surface area contributed by atoms with E-state index in [1.165, 1.54) is 15.7 Å². The molecular formula is C10H13BrN2. The van der Waals surface area contributed by atoms with E-state index in [0.29, 0.717) is 6.04 Å². The van der Waals surface area contributed by atoms with E-state index in [4.69, 9.17) is 0 Å². The van der Waals surface area contributed by atoms with Crippen molar-refractivity contribution < 1.29 is 0 Å². The van der Waals surface area contributed by atoms with Gasteiger partial charge in [-0.15, -0.1) is 0 Å². The molecule has 1 fully saturated rings. The van der Waals surface area contributed by atoms with Gasteiger partial charge in [0.05, 0.1) is 6.04 Å². The van der Waals surface area contributed by atoms with Crippen molar-refractivity contribution >= 4 is 21.6 Å². The molecule has 1 aromatic carbocycles. The fourth-order valence-electron chi connectivity index (χ4n) is 1.37. The third-order valence-corrected chi connectivity index (χ3v) is 3.39. The smallest absolute Gasteiger partial charge is 0.0510 e. The first kappa shape index (κ1) is 9.03. The summed E-state index contributed by atoms with van der Waals surface area (Å²) in [5.74, 6) is 0. The number of hydrogen-bond donors (Lipinski definition) is 2. The van der Waals surface area contributed by atoms with Crippen molar-refractivity contribution in [2.24, 2.45) is 0 Å². The van der Waals surface area contributed by atoms with Gasteiger partial charge in [-0.1, -0.05) is 12.1 Å². The van der Waals surface area contributed by atoms with Crippen LogP contribution in [0, 0.1) is 6.92 Å². The van der Waals surface area contributed by atoms with E-state index in [0.717, 1.165) is 13.1 Å². The van der Waals surface area contributed by atoms with Crippen LogP contribution < -0.4 is 10.6 Å². The van der Waals surface area contributed by atoms with Crippen LogP contribution in [0.4, 0.5) is 5.69 Å². The average molecular weight is 241 g/mol. The SMILES string of the molecule is Cc1cccc(NC2CNC2)c1Br. The summed E-state index contributed by atoms with van der Waals surface area (Å²) in [6, 6.07) is 6.89. The lowest BCUT2D eigenvalue weighted by Crippen LogP contribution is -2.51. The quantitative estimate of drug-likeness (QED) is 0.828. The number of hydrogen-bond acceptors (Lipinski definition) is 2. The number of benzene rings is 1. The van der Waals surface area contributed by atoms with Crippen molar-refractivity contribution in [3.63, 3.8) is 0 Å². The summed E-state index contributed by atoms with van der Waals surface area (Å²) >= 11 is 3.58. The van der Waals surface area contributed by atoms with E-state index in [9.17, 15) is 0 Å². The summed E-state index contributed by atoms with van der Waals surface area (Å²) in [5.41, 5.74) is 2.48. The highest BCUT2D eigenvalue weighted by atomic mass is 79.9. The molecule has 2 rings (SSSR count). The molecule has 0 atom stereocenters. The third kappa shape index (κ3) is 1.86. The maximum atomic E-state index is 3.58. The molecule has 3 heteroatoms. The lowest BCUT2D eigenvalue weighted by Gasteiger charge is -2.29. The van der Waals surface area contributed by atoms with Crippen molar-refractivity contribution in [1.29, 1.82) is 0 Å². The summed E-state index contributed by atoms with van der Waals surface area (Å²) in [7, 11) is 0. The first-order valence-corrected chi connectivity index (χ1v) is 5.29. The van der Waals surface area contributed by atoms with E-state index >= 15 is 0 Å². The Bertz CT molecular complexity index is 308. The molecule has 0 amide bonds. The van der Waals surface area contributed by atoms with Gasteiger partial charge in [0.2, 0.25) is 0 Å². The van der Waals surface area contributed by atoms with Gasteiger partial charge in [0.25, 0.3) is 0 Å². The Morgan fingerprint density at radius 3 is 2.85 bits per heavy atom. The molecular weight excluding hydrogens is 228 g/mol. The zero-order valence-electron chi connectivity index (χ0n) is 7.60. The largest absolute Gasteiger partial charge is 0.379 e. The molecule has 0 unspecified atom stereocenters. The highest BCUT2D eigenvalue weighted by Gasteiger charge is 2.16. The Kier molecular flexibility index (Phi) is 2.56. The average Bonchev–Trinajstić information content (AvgIpc) is 2.04. The molecule has 1 aromatic rings. The second kappa shape index (κ2) is 3.68. The van der Waals surface area contributed by atoms with Crippen LogP contribution in [0.25, 0.3) is 0 Å². The van der Waals surface area contributed by atoms with E-state index in [1.807, 2.05) is 0 Å². The van der Waals surface area contributed by atoms with Crippen molar-refractivity contribution in [2.45, 2.75) is 13.0 Å². The van der Waals surface area contributed by atoms with Crippen LogP contribution in [0.5, 0.6) is 0 Å². The van der Waals surface area contributed by atoms with Crippen LogP contribution in [0.2, 0.25) is 0 Å². The Morgan fingerprint density at radius 2 is 2.23 bits per heavy atom. The molecule has 1 aliphatic rings. The van der Waals surface area contributed by atoms with Crippen molar-refractivity contribution in [2.75, 3.05) is 18.4 Å². The fraction of sp³-hybridized carbons (Fsp3) is 0.400. The molecule has 0 aliphatic carbocycles. The van der Waals surface area contributed by atoms with Gasteiger partial charge in [-0.2, -0.15) is 0 Å². The predicted octanol–water partition coefficient (Wildman–Crippen LogP) is 2.14. The summed E-state index contributed by atoms with van der Waals surface area (Å²) in [6.45, 7) is 4.25. The van der Waals surface area contributed by atoms with E-state index in [-0.39, 0.29) is 0 Å². The van der Waals surface area contributed by atoms with Gasteiger partial charge in [0.15, 0.2) is 0 Å². The van der Waals surface area contributed by atoms with Crippen LogP contribution in [-0.4, -0.2) is 19.1 Å². The van der Waals surface area contributed by atoms with Crippen molar-refractivity contribution in [1.82, 2.24) is 5.32 Å². The molecule has 0 saturated carbocycles. The molecule has 2 N–H and O–H groups in total. The Hall–Kier alpha value is -0.540. The van der Waals surface area contributed by atoms with E-state index in [1.54, 1.807) is 0 Å². The van der Waals surface area contributed by atoms with Crippen molar-refractivity contribution in [3.8, 4) is 0 Å². The highest BCUT2D eigenvalue weighted by Crippen LogP contribution is 2.26. The Balaban J connectivity index is 2.14. The second-order valence-electron chi connectivity index (χ2n) is 3.44. The minimum absolute atomic E-state index is 0.595. The minimum Gasteiger partial charge on any atom is -0.379 e. The molecule has 13 heavy (non-hydrogen) atoms. The lowest BCUT2D eigenvalue weighted by atomic mass is 10.1. The standard InChI is InChI=1S/C10H13BrN2/c1-7-3-2-4-9(10(7)11)13-8-5-12-6-8/h2-4,8,12-13H,5-6H2,1H3. The molecule has 2 nitrogen and oxygen atoms in total. The van der Waals surface area contributed by atoms with Gasteiger partial charge < -0.3 is 10.6 Å². The van der Waals surface area contributed by atoms with E-state index < -0.39 is 0 Å². The molecule has 0 aromatic heterocycles. The molecule has 1 aliphatic heterocycles. The highest BCUT2D eigenvalue weighted by molar-refractivity contribution is 9.10. The van der Waals surface area contributed by atoms with Gasteiger partial charge in [-0.3, -0.25) is 0 Å². The zero-order valence-corrected chi connectivity index (χ0v) is 9.19. The Morgan fingerprint density at radius 1 is 1.46 bits per heavy atom. The van der Waals surface area contributed by atoms with Gasteiger partial charge in [0, 0.05) is 23.2 Å². The molecule has 0 spiro atoms. The maximum absolute atomic E-state index is 3.58. The lowest BCUT2D eigenvalue weighted by molar-refractivity contribution is 0.472. The summed E-state index contributed by atoms with van der Waals surface area (Å²) in [4.78, 5) is 0. The van der Waals surface area contributed by atoms with Gasteiger partial charge in [-0.25, -0.2) is 0 Å². The maximum Gasteiger partial charge on any atom is 0.0510 e. The minimum atomic E-state index is 0.595. The summed E-state index contributed by atoms with van der Waals surface area (Å²) in [5, 5.41) is 6.72. The summed E-state index contributed by atoms with van der Waals surface area (Å²) in [6.07, 6.45) is 0. The zero-order chi connectivity index (χ0) is 9.26.